The molecule has 2 nitrogen and oxygen atoms in total. The first-order chi connectivity index (χ1) is 10.4. The fourth-order valence-electron chi connectivity index (χ4n) is 3.91. The van der Waals surface area contributed by atoms with E-state index < -0.39 is 0 Å². The maximum atomic E-state index is 2.63. The van der Waals surface area contributed by atoms with Crippen LogP contribution < -0.4 is 4.90 Å². The molecular weight excluding hydrogens is 256 g/mol. The van der Waals surface area contributed by atoms with Crippen molar-refractivity contribution >= 4 is 5.69 Å². The molecule has 0 amide bonds. The van der Waals surface area contributed by atoms with Crippen molar-refractivity contribution in [2.24, 2.45) is 11.8 Å². The van der Waals surface area contributed by atoms with Crippen molar-refractivity contribution < 1.29 is 0 Å². The van der Waals surface area contributed by atoms with E-state index >= 15 is 0 Å². The highest BCUT2D eigenvalue weighted by molar-refractivity contribution is 5.47. The van der Waals surface area contributed by atoms with Gasteiger partial charge in [0.2, 0.25) is 0 Å². The maximum absolute atomic E-state index is 2.63. The number of fused-ring (bicyclic) bond motifs is 1. The Balaban J connectivity index is 1.37. The van der Waals surface area contributed by atoms with Gasteiger partial charge in [0.05, 0.1) is 0 Å². The Bertz CT molecular complexity index is 567. The van der Waals surface area contributed by atoms with E-state index in [4.69, 9.17) is 0 Å². The van der Waals surface area contributed by atoms with Gasteiger partial charge in [0.1, 0.15) is 0 Å². The van der Waals surface area contributed by atoms with Gasteiger partial charge in [0.25, 0.3) is 0 Å². The van der Waals surface area contributed by atoms with Crippen molar-refractivity contribution in [3.63, 3.8) is 0 Å². The normalized spacial score (nSPS) is 25.2. The van der Waals surface area contributed by atoms with Crippen LogP contribution in [0, 0.1) is 11.8 Å². The second-order valence-electron chi connectivity index (χ2n) is 6.44. The lowest BCUT2D eigenvalue weighted by Gasteiger charge is -2.23. The lowest BCUT2D eigenvalue weighted by Crippen LogP contribution is -2.28. The van der Waals surface area contributed by atoms with Crippen molar-refractivity contribution in [1.29, 1.82) is 0 Å². The van der Waals surface area contributed by atoms with E-state index in [0.29, 0.717) is 0 Å². The molecule has 4 rings (SSSR count). The van der Waals surface area contributed by atoms with Gasteiger partial charge in [-0.05, 0) is 29.5 Å². The van der Waals surface area contributed by atoms with Crippen LogP contribution in [0.15, 0.2) is 60.7 Å². The van der Waals surface area contributed by atoms with E-state index in [0.717, 1.165) is 18.4 Å². The molecule has 108 valence electrons. The number of rotatable bonds is 3. The summed E-state index contributed by atoms with van der Waals surface area (Å²) in [5.74, 6) is 1.68. The van der Waals surface area contributed by atoms with Crippen molar-refractivity contribution in [2.75, 3.05) is 31.1 Å². The van der Waals surface area contributed by atoms with E-state index in [1.807, 2.05) is 0 Å². The van der Waals surface area contributed by atoms with Crippen LogP contribution in [0.3, 0.4) is 0 Å². The van der Waals surface area contributed by atoms with Gasteiger partial charge in [-0.2, -0.15) is 0 Å². The van der Waals surface area contributed by atoms with E-state index in [-0.39, 0.29) is 0 Å². The summed E-state index contributed by atoms with van der Waals surface area (Å²) in [7, 11) is 0. The minimum absolute atomic E-state index is 0.842. The minimum Gasteiger partial charge on any atom is -0.371 e. The monoisotopic (exact) mass is 278 g/mol. The summed E-state index contributed by atoms with van der Waals surface area (Å²) >= 11 is 0. The number of nitrogens with zero attached hydrogens (tertiary/aromatic N) is 2. The van der Waals surface area contributed by atoms with Gasteiger partial charge < -0.3 is 4.90 Å². The fraction of sp³-hybridized carbons (Fsp3) is 0.368. The molecule has 2 aromatic carbocycles. The van der Waals surface area contributed by atoms with Gasteiger partial charge in [-0.25, -0.2) is 0 Å². The predicted octanol–water partition coefficient (Wildman–Crippen LogP) is 3.25. The number of anilines is 1. The highest BCUT2D eigenvalue weighted by atomic mass is 15.2. The Hall–Kier alpha value is -1.80. The maximum Gasteiger partial charge on any atom is 0.0366 e. The third kappa shape index (κ3) is 2.68. The van der Waals surface area contributed by atoms with Crippen LogP contribution in [-0.2, 0) is 6.54 Å². The first-order valence-corrected chi connectivity index (χ1v) is 7.95. The molecule has 0 saturated carbocycles. The number of likely N-dealkylation sites (tertiary alicyclic amines) is 1. The van der Waals surface area contributed by atoms with Gasteiger partial charge in [-0.1, -0.05) is 48.5 Å². The average Bonchev–Trinajstić information content (AvgIpc) is 3.07. The lowest BCUT2D eigenvalue weighted by molar-refractivity contribution is 0.309. The summed E-state index contributed by atoms with van der Waals surface area (Å²) in [6.07, 6.45) is 0. The third-order valence-electron chi connectivity index (χ3n) is 4.93. The van der Waals surface area contributed by atoms with E-state index in [2.05, 4.69) is 70.5 Å². The Morgan fingerprint density at radius 2 is 1.29 bits per heavy atom. The van der Waals surface area contributed by atoms with Gasteiger partial charge >= 0.3 is 0 Å². The van der Waals surface area contributed by atoms with Crippen LogP contribution in [0.2, 0.25) is 0 Å². The smallest absolute Gasteiger partial charge is 0.0366 e. The molecule has 2 heterocycles. The second-order valence-corrected chi connectivity index (χ2v) is 6.44. The van der Waals surface area contributed by atoms with Gasteiger partial charge in [-0.15, -0.1) is 0 Å². The van der Waals surface area contributed by atoms with E-state index in [9.17, 15) is 0 Å². The zero-order valence-corrected chi connectivity index (χ0v) is 12.4. The molecule has 2 atom stereocenters. The molecule has 2 saturated heterocycles. The molecule has 0 N–H and O–H groups in total. The topological polar surface area (TPSA) is 6.48 Å². The summed E-state index contributed by atoms with van der Waals surface area (Å²) in [5.41, 5.74) is 2.83. The molecular formula is C19H22N2. The Kier molecular flexibility index (Phi) is 3.40. The average molecular weight is 278 g/mol. The zero-order chi connectivity index (χ0) is 14.1. The number of benzene rings is 2. The summed E-state index contributed by atoms with van der Waals surface area (Å²) < 4.78 is 0. The molecule has 0 spiro atoms. The SMILES string of the molecule is c1ccc(CN2C[C@@H]3CN(c4ccccc4)C[C@@H]3C2)cc1. The van der Waals surface area contributed by atoms with E-state index in [1.165, 1.54) is 37.4 Å². The molecule has 21 heavy (non-hydrogen) atoms. The van der Waals surface area contributed by atoms with Crippen LogP contribution in [0.5, 0.6) is 0 Å². The van der Waals surface area contributed by atoms with Crippen LogP contribution in [0.1, 0.15) is 5.56 Å². The number of hydrogen-bond donors (Lipinski definition) is 0. The second kappa shape index (κ2) is 5.53. The Morgan fingerprint density at radius 1 is 0.714 bits per heavy atom. The van der Waals surface area contributed by atoms with Crippen LogP contribution in [0.25, 0.3) is 0 Å². The lowest BCUT2D eigenvalue weighted by atomic mass is 10.0. The molecule has 0 radical (unpaired) electrons. The van der Waals surface area contributed by atoms with Gasteiger partial charge in [-0.3, -0.25) is 4.90 Å². The molecule has 2 aromatic rings. The standard InChI is InChI=1S/C19H22N2/c1-3-7-16(8-4-1)11-20-12-17-14-21(15-18(17)13-20)19-9-5-2-6-10-19/h1-10,17-18H,11-15H2/t17-,18+. The summed E-state index contributed by atoms with van der Waals surface area (Å²) in [6.45, 7) is 6.06. The van der Waals surface area contributed by atoms with Crippen molar-refractivity contribution in [1.82, 2.24) is 4.90 Å². The zero-order valence-electron chi connectivity index (χ0n) is 12.4. The van der Waals surface area contributed by atoms with Crippen LogP contribution >= 0.6 is 0 Å². The van der Waals surface area contributed by atoms with Gasteiger partial charge in [0.15, 0.2) is 0 Å². The molecule has 2 fully saturated rings. The molecule has 0 aromatic heterocycles. The number of hydrogen-bond acceptors (Lipinski definition) is 2. The first-order valence-electron chi connectivity index (χ1n) is 7.95. The fourth-order valence-corrected chi connectivity index (χ4v) is 3.91. The molecule has 0 aliphatic carbocycles. The summed E-state index contributed by atoms with van der Waals surface area (Å²) in [5, 5.41) is 0. The van der Waals surface area contributed by atoms with Crippen LogP contribution in [-0.4, -0.2) is 31.1 Å². The Morgan fingerprint density at radius 3 is 1.90 bits per heavy atom. The molecule has 0 bridgehead atoms. The van der Waals surface area contributed by atoms with Crippen LogP contribution in [0.4, 0.5) is 5.69 Å². The van der Waals surface area contributed by atoms with E-state index in [1.54, 1.807) is 0 Å². The predicted molar refractivity (Wildman–Crippen MR) is 87.4 cm³/mol. The Labute approximate surface area is 127 Å². The quantitative estimate of drug-likeness (QED) is 0.850. The molecule has 2 heteroatoms. The largest absolute Gasteiger partial charge is 0.371 e. The van der Waals surface area contributed by atoms with Crippen molar-refractivity contribution in [3.8, 4) is 0 Å². The van der Waals surface area contributed by atoms with Gasteiger partial charge in [0, 0.05) is 38.4 Å². The first kappa shape index (κ1) is 12.9. The summed E-state index contributed by atoms with van der Waals surface area (Å²) in [6, 6.07) is 21.7. The highest BCUT2D eigenvalue weighted by Gasteiger charge is 2.39. The highest BCUT2D eigenvalue weighted by Crippen LogP contribution is 2.34. The number of para-hydroxylation sites is 1. The molecule has 0 unspecified atom stereocenters. The molecule has 2 aliphatic rings. The summed E-state index contributed by atoms with van der Waals surface area (Å²) in [4.78, 5) is 5.20. The minimum atomic E-state index is 0.842. The molecule has 2 aliphatic heterocycles. The van der Waals surface area contributed by atoms with Crippen molar-refractivity contribution in [2.45, 2.75) is 6.54 Å². The van der Waals surface area contributed by atoms with Crippen molar-refractivity contribution in [3.05, 3.63) is 66.2 Å². The third-order valence-corrected chi connectivity index (χ3v) is 4.93.